The van der Waals surface area contributed by atoms with Crippen LogP contribution in [0.2, 0.25) is 0 Å². The lowest BCUT2D eigenvalue weighted by Crippen LogP contribution is -2.69. The summed E-state index contributed by atoms with van der Waals surface area (Å²) in [7, 11) is 0. The van der Waals surface area contributed by atoms with Gasteiger partial charge in [0.15, 0.2) is 0 Å². The number of carbonyl (C=O) groups is 2. The average Bonchev–Trinajstić information content (AvgIpc) is 3.02. The molecule has 5 nitrogen and oxygen atoms in total. The molecule has 46 heavy (non-hydrogen) atoms. The average molecular weight is 683 g/mol. The minimum Gasteiger partial charge on any atom is -0.331 e. The molecule has 4 aliphatic rings. The van der Waals surface area contributed by atoms with Crippen molar-refractivity contribution < 1.29 is 58.2 Å². The second-order valence-electron chi connectivity index (χ2n) is 13.5. The maximum Gasteiger partial charge on any atom is 0.458 e. The van der Waals surface area contributed by atoms with Gasteiger partial charge in [-0.2, -0.15) is 43.9 Å². The second kappa shape index (κ2) is 14.4. The Hall–Kier alpha value is -1.80. The predicted molar refractivity (Wildman–Crippen MR) is 147 cm³/mol. The monoisotopic (exact) mass is 682 g/mol. The van der Waals surface area contributed by atoms with Crippen LogP contribution in [0.15, 0.2) is 0 Å². The number of hydrogen-bond donors (Lipinski definition) is 0. The molecule has 0 bridgehead atoms. The summed E-state index contributed by atoms with van der Waals surface area (Å²) in [5, 5.41) is 0. The maximum atomic E-state index is 15.9. The van der Waals surface area contributed by atoms with Crippen molar-refractivity contribution in [1.29, 1.82) is 0 Å². The van der Waals surface area contributed by atoms with Crippen molar-refractivity contribution in [2.45, 2.75) is 183 Å². The first kappa shape index (κ1) is 37.0. The van der Waals surface area contributed by atoms with Gasteiger partial charge in [-0.3, -0.25) is 14.3 Å². The lowest BCUT2D eigenvalue weighted by Gasteiger charge is -2.46. The zero-order valence-electron chi connectivity index (χ0n) is 25.9. The molecule has 0 radical (unpaired) electrons. The zero-order valence-corrected chi connectivity index (χ0v) is 25.9. The van der Waals surface area contributed by atoms with Crippen molar-refractivity contribution in [2.75, 3.05) is 0 Å². The van der Waals surface area contributed by atoms with Gasteiger partial charge in [-0.15, -0.1) is 0 Å². The van der Waals surface area contributed by atoms with E-state index in [4.69, 9.17) is 0 Å². The van der Waals surface area contributed by atoms with Crippen LogP contribution in [0.25, 0.3) is 0 Å². The van der Waals surface area contributed by atoms with Crippen LogP contribution in [0.4, 0.5) is 43.9 Å². The molecule has 0 heterocycles. The molecule has 0 aromatic carbocycles. The molecule has 4 saturated carbocycles. The summed E-state index contributed by atoms with van der Waals surface area (Å²) in [5.74, 6) is -24.7. The molecule has 0 saturated heterocycles. The van der Waals surface area contributed by atoms with Gasteiger partial charge >= 0.3 is 35.9 Å². The molecule has 0 spiro atoms. The van der Waals surface area contributed by atoms with Crippen LogP contribution in [0.1, 0.15) is 128 Å². The molecular weight excluding hydrogens is 638 g/mol. The van der Waals surface area contributed by atoms with Crippen molar-refractivity contribution in [3.05, 3.63) is 0 Å². The predicted octanol–water partition coefficient (Wildman–Crippen LogP) is 9.08. The molecule has 4 fully saturated rings. The molecule has 4 rings (SSSR count). The largest absolute Gasteiger partial charge is 0.458 e. The Labute approximate surface area is 262 Å². The molecule has 0 aliphatic heterocycles. The minimum atomic E-state index is -6.96. The van der Waals surface area contributed by atoms with Gasteiger partial charge in [-0.05, 0) is 51.4 Å². The van der Waals surface area contributed by atoms with E-state index in [-0.39, 0.29) is 51.4 Å². The molecule has 4 aliphatic carbocycles. The van der Waals surface area contributed by atoms with Crippen LogP contribution in [-0.2, 0) is 14.3 Å². The van der Waals surface area contributed by atoms with Crippen LogP contribution in [0, 0.1) is 0 Å². The standard InChI is InChI=1S/C31H44F10N2O3/c32-27(33,25(44)42(21-13-5-1-6-14-21)22-15-7-2-8-16-22)29(35,36)31(40,41)46-28(34,30(37,38)39)26(45)43(23-17-9-3-10-18-23)24-19-11-4-12-20-24/h21-24H,1-20H2/t28-/m0/s1. The summed E-state index contributed by atoms with van der Waals surface area (Å²) in [6.45, 7) is 0. The lowest BCUT2D eigenvalue weighted by molar-refractivity contribution is -0.457. The first-order valence-electron chi connectivity index (χ1n) is 16.7. The van der Waals surface area contributed by atoms with Crippen LogP contribution in [0.5, 0.6) is 0 Å². The normalized spacial score (nSPS) is 24.0. The van der Waals surface area contributed by atoms with E-state index in [1.165, 1.54) is 0 Å². The van der Waals surface area contributed by atoms with Gasteiger partial charge in [0.25, 0.3) is 5.91 Å². The van der Waals surface area contributed by atoms with E-state index in [2.05, 4.69) is 4.74 Å². The third kappa shape index (κ3) is 7.28. The fourth-order valence-electron chi connectivity index (χ4n) is 7.81. The highest BCUT2D eigenvalue weighted by atomic mass is 19.4. The van der Waals surface area contributed by atoms with Crippen molar-refractivity contribution in [1.82, 2.24) is 9.80 Å². The molecule has 2 amide bonds. The van der Waals surface area contributed by atoms with E-state index in [9.17, 15) is 22.8 Å². The Morgan fingerprint density at radius 2 is 0.739 bits per heavy atom. The number of hydrogen-bond acceptors (Lipinski definition) is 3. The number of amides is 2. The SMILES string of the molecule is O=C(N(C1CCCCC1)C1CCCCC1)C(F)(F)C(F)(F)C(F)(F)O[C@@](F)(C(=O)N(C1CCCCC1)C1CCCCC1)C(F)(F)F. The van der Waals surface area contributed by atoms with E-state index in [0.717, 1.165) is 0 Å². The summed E-state index contributed by atoms with van der Waals surface area (Å²) in [6, 6.07) is -3.95. The van der Waals surface area contributed by atoms with Crippen molar-refractivity contribution in [2.24, 2.45) is 0 Å². The summed E-state index contributed by atoms with van der Waals surface area (Å²) in [6.07, 6.45) is -6.15. The van der Waals surface area contributed by atoms with E-state index < -0.39 is 66.0 Å². The van der Waals surface area contributed by atoms with E-state index in [1.807, 2.05) is 0 Å². The number of ether oxygens (including phenoxy) is 1. The van der Waals surface area contributed by atoms with Gasteiger partial charge in [0.05, 0.1) is 0 Å². The molecule has 15 heteroatoms. The zero-order chi connectivity index (χ0) is 34.0. The Morgan fingerprint density at radius 3 is 1.02 bits per heavy atom. The highest BCUT2D eigenvalue weighted by Crippen LogP contribution is 2.53. The van der Waals surface area contributed by atoms with Crippen LogP contribution in [-0.4, -0.2) is 75.8 Å². The second-order valence-corrected chi connectivity index (χ2v) is 13.5. The highest BCUT2D eigenvalue weighted by molar-refractivity contribution is 5.86. The number of rotatable bonds is 10. The minimum absolute atomic E-state index is 0.119. The Kier molecular flexibility index (Phi) is 11.6. The quantitative estimate of drug-likeness (QED) is 0.216. The van der Waals surface area contributed by atoms with Gasteiger partial charge in [0, 0.05) is 24.2 Å². The number of nitrogens with zero attached hydrogens (tertiary/aromatic N) is 2. The molecule has 0 aromatic rings. The third-order valence-electron chi connectivity index (χ3n) is 10.3. The summed E-state index contributed by atoms with van der Waals surface area (Å²) in [4.78, 5) is 27.6. The Morgan fingerprint density at radius 1 is 0.457 bits per heavy atom. The number of alkyl halides is 10. The first-order chi connectivity index (χ1) is 21.5. The first-order valence-corrected chi connectivity index (χ1v) is 16.7. The molecule has 1 atom stereocenters. The topological polar surface area (TPSA) is 49.9 Å². The maximum absolute atomic E-state index is 15.9. The number of carbonyl (C=O) groups excluding carboxylic acids is 2. The summed E-state index contributed by atoms with van der Waals surface area (Å²) >= 11 is 0. The van der Waals surface area contributed by atoms with Gasteiger partial charge in [-0.25, -0.2) is 0 Å². The third-order valence-corrected chi connectivity index (χ3v) is 10.3. The molecule has 0 unspecified atom stereocenters. The molecule has 266 valence electrons. The fraction of sp³-hybridized carbons (Fsp3) is 0.935. The van der Waals surface area contributed by atoms with E-state index in [0.29, 0.717) is 86.8 Å². The van der Waals surface area contributed by atoms with Crippen molar-refractivity contribution in [3.63, 3.8) is 0 Å². The van der Waals surface area contributed by atoms with Gasteiger partial charge in [-0.1, -0.05) is 77.0 Å². The Bertz CT molecular complexity index is 998. The molecule has 0 aromatic heterocycles. The summed E-state index contributed by atoms with van der Waals surface area (Å²) < 4.78 is 154. The highest BCUT2D eigenvalue weighted by Gasteiger charge is 2.81. The van der Waals surface area contributed by atoms with Crippen LogP contribution < -0.4 is 0 Å². The van der Waals surface area contributed by atoms with Crippen molar-refractivity contribution in [3.8, 4) is 0 Å². The number of halogens is 10. The van der Waals surface area contributed by atoms with Gasteiger partial charge < -0.3 is 9.80 Å². The van der Waals surface area contributed by atoms with Gasteiger partial charge in [0.1, 0.15) is 0 Å². The Balaban J connectivity index is 1.67. The summed E-state index contributed by atoms with van der Waals surface area (Å²) in [5.41, 5.74) is 0. The van der Waals surface area contributed by atoms with E-state index in [1.54, 1.807) is 0 Å². The lowest BCUT2D eigenvalue weighted by atomic mass is 9.87. The fourth-order valence-corrected chi connectivity index (χ4v) is 7.81. The van der Waals surface area contributed by atoms with Gasteiger partial charge in [0.2, 0.25) is 0 Å². The van der Waals surface area contributed by atoms with Crippen molar-refractivity contribution >= 4 is 11.8 Å². The molecular formula is C31H44F10N2O3. The van der Waals surface area contributed by atoms with Crippen LogP contribution in [0.3, 0.4) is 0 Å². The molecule has 0 N–H and O–H groups in total. The van der Waals surface area contributed by atoms with E-state index >= 15 is 30.7 Å². The smallest absolute Gasteiger partial charge is 0.331 e. The van der Waals surface area contributed by atoms with Crippen LogP contribution >= 0.6 is 0 Å².